The van der Waals surface area contributed by atoms with Crippen molar-refractivity contribution in [3.8, 4) is 0 Å². The number of carboxylic acid groups (broad SMARTS) is 2. The first-order chi connectivity index (χ1) is 8.40. The van der Waals surface area contributed by atoms with Crippen LogP contribution in [0.1, 0.15) is 33.1 Å². The highest BCUT2D eigenvalue weighted by atomic mass is 16.4. The lowest BCUT2D eigenvalue weighted by atomic mass is 10.0. The minimum atomic E-state index is -1.41. The molecule has 0 fully saturated rings. The molecule has 2 amide bonds. The van der Waals surface area contributed by atoms with Gasteiger partial charge in [0, 0.05) is 6.54 Å². The molecule has 0 aliphatic heterocycles. The summed E-state index contributed by atoms with van der Waals surface area (Å²) in [6, 6.07) is -2.07. The predicted molar refractivity (Wildman–Crippen MR) is 64.3 cm³/mol. The molecule has 0 aliphatic carbocycles. The van der Waals surface area contributed by atoms with Crippen LogP contribution < -0.4 is 10.6 Å². The number of amides is 2. The molecular formula is C11H20N2O5. The van der Waals surface area contributed by atoms with Gasteiger partial charge in [0.2, 0.25) is 0 Å². The molecule has 0 heterocycles. The Kier molecular flexibility index (Phi) is 7.50. The van der Waals surface area contributed by atoms with Crippen LogP contribution in [0, 0.1) is 5.92 Å². The fourth-order valence-electron chi connectivity index (χ4n) is 1.40. The number of nitrogens with one attached hydrogen (secondary N) is 2. The second-order valence-electron chi connectivity index (χ2n) is 4.03. The molecule has 7 heteroatoms. The van der Waals surface area contributed by atoms with E-state index in [9.17, 15) is 14.4 Å². The van der Waals surface area contributed by atoms with Gasteiger partial charge in [0.15, 0.2) is 0 Å². The minimum absolute atomic E-state index is 0.332. The van der Waals surface area contributed by atoms with Gasteiger partial charge in [-0.25, -0.2) is 9.59 Å². The Bertz CT molecular complexity index is 302. The average Bonchev–Trinajstić information content (AvgIpc) is 2.28. The highest BCUT2D eigenvalue weighted by molar-refractivity contribution is 5.86. The molecule has 0 aromatic heterocycles. The summed E-state index contributed by atoms with van der Waals surface area (Å²) in [5.74, 6) is -2.31. The van der Waals surface area contributed by atoms with Crippen molar-refractivity contribution in [2.75, 3.05) is 6.54 Å². The molecule has 1 unspecified atom stereocenters. The van der Waals surface area contributed by atoms with E-state index in [4.69, 9.17) is 10.2 Å². The number of aliphatic carboxylic acids is 2. The third-order valence-corrected chi connectivity index (χ3v) is 2.69. The molecular weight excluding hydrogens is 240 g/mol. The summed E-state index contributed by atoms with van der Waals surface area (Å²) in [5, 5.41) is 21.9. The van der Waals surface area contributed by atoms with Crippen LogP contribution in [0.5, 0.6) is 0 Å². The Hall–Kier alpha value is -1.79. The van der Waals surface area contributed by atoms with Crippen molar-refractivity contribution in [3.63, 3.8) is 0 Å². The number of urea groups is 1. The standard InChI is InChI=1S/C11H20N2O5/c1-3-7(4-2)6-12-11(18)13-8(10(16)17)5-9(14)15/h7-8H,3-6H2,1-2H3,(H,14,15)(H,16,17)(H2,12,13,18). The maximum atomic E-state index is 11.4. The van der Waals surface area contributed by atoms with Gasteiger partial charge in [0.25, 0.3) is 0 Å². The van der Waals surface area contributed by atoms with Crippen LogP contribution in [-0.4, -0.2) is 40.8 Å². The molecule has 7 nitrogen and oxygen atoms in total. The van der Waals surface area contributed by atoms with Crippen LogP contribution in [0.4, 0.5) is 4.79 Å². The van der Waals surface area contributed by atoms with Gasteiger partial charge < -0.3 is 20.8 Å². The lowest BCUT2D eigenvalue weighted by Crippen LogP contribution is -2.47. The highest BCUT2D eigenvalue weighted by Crippen LogP contribution is 2.04. The third kappa shape index (κ3) is 6.72. The molecule has 0 aromatic rings. The van der Waals surface area contributed by atoms with Crippen LogP contribution in [0.3, 0.4) is 0 Å². The van der Waals surface area contributed by atoms with Crippen molar-refractivity contribution in [2.24, 2.45) is 5.92 Å². The van der Waals surface area contributed by atoms with Crippen LogP contribution in [-0.2, 0) is 9.59 Å². The number of carbonyl (C=O) groups is 3. The molecule has 4 N–H and O–H groups in total. The van der Waals surface area contributed by atoms with Crippen LogP contribution in [0.2, 0.25) is 0 Å². The van der Waals surface area contributed by atoms with Crippen LogP contribution >= 0.6 is 0 Å². The molecule has 1 atom stereocenters. The van der Waals surface area contributed by atoms with Crippen molar-refractivity contribution in [2.45, 2.75) is 39.2 Å². The zero-order valence-electron chi connectivity index (χ0n) is 10.6. The smallest absolute Gasteiger partial charge is 0.326 e. The molecule has 0 rings (SSSR count). The van der Waals surface area contributed by atoms with Crippen molar-refractivity contribution < 1.29 is 24.6 Å². The van der Waals surface area contributed by atoms with Gasteiger partial charge in [0.05, 0.1) is 6.42 Å². The topological polar surface area (TPSA) is 116 Å². The second kappa shape index (κ2) is 8.32. The van der Waals surface area contributed by atoms with Gasteiger partial charge in [0.1, 0.15) is 6.04 Å². The zero-order valence-corrected chi connectivity index (χ0v) is 10.6. The Morgan fingerprint density at radius 3 is 2.06 bits per heavy atom. The molecule has 0 radical (unpaired) electrons. The molecule has 0 saturated carbocycles. The van der Waals surface area contributed by atoms with Crippen molar-refractivity contribution in [3.05, 3.63) is 0 Å². The van der Waals surface area contributed by atoms with E-state index in [1.807, 2.05) is 13.8 Å². The number of rotatable bonds is 8. The summed E-state index contributed by atoms with van der Waals surface area (Å²) in [6.45, 7) is 4.44. The van der Waals surface area contributed by atoms with Gasteiger partial charge in [-0.1, -0.05) is 26.7 Å². The van der Waals surface area contributed by atoms with Crippen molar-refractivity contribution in [1.29, 1.82) is 0 Å². The van der Waals surface area contributed by atoms with E-state index in [0.717, 1.165) is 12.8 Å². The first kappa shape index (κ1) is 16.2. The van der Waals surface area contributed by atoms with E-state index >= 15 is 0 Å². The van der Waals surface area contributed by atoms with E-state index < -0.39 is 30.4 Å². The molecule has 18 heavy (non-hydrogen) atoms. The van der Waals surface area contributed by atoms with E-state index in [-0.39, 0.29) is 0 Å². The largest absolute Gasteiger partial charge is 0.481 e. The average molecular weight is 260 g/mol. The monoisotopic (exact) mass is 260 g/mol. The van der Waals surface area contributed by atoms with Crippen LogP contribution in [0.25, 0.3) is 0 Å². The van der Waals surface area contributed by atoms with E-state index in [1.54, 1.807) is 0 Å². The maximum absolute atomic E-state index is 11.4. The fraction of sp³-hybridized carbons (Fsp3) is 0.727. The van der Waals surface area contributed by atoms with Crippen molar-refractivity contribution >= 4 is 18.0 Å². The van der Waals surface area contributed by atoms with E-state index in [2.05, 4.69) is 10.6 Å². The SMILES string of the molecule is CCC(CC)CNC(=O)NC(CC(=O)O)C(=O)O. The highest BCUT2D eigenvalue weighted by Gasteiger charge is 2.22. The second-order valence-corrected chi connectivity index (χ2v) is 4.03. The number of carboxylic acids is 2. The zero-order chi connectivity index (χ0) is 14.1. The Balaban J connectivity index is 4.17. The van der Waals surface area contributed by atoms with Gasteiger partial charge >= 0.3 is 18.0 Å². The first-order valence-electron chi connectivity index (χ1n) is 5.89. The van der Waals surface area contributed by atoms with Gasteiger partial charge in [-0.05, 0) is 5.92 Å². The van der Waals surface area contributed by atoms with E-state index in [1.165, 1.54) is 0 Å². The summed E-state index contributed by atoms with van der Waals surface area (Å²) < 4.78 is 0. The Morgan fingerprint density at radius 1 is 1.11 bits per heavy atom. The molecule has 0 aromatic carbocycles. The van der Waals surface area contributed by atoms with Gasteiger partial charge in [-0.2, -0.15) is 0 Å². The summed E-state index contributed by atoms with van der Waals surface area (Å²) in [6.07, 6.45) is 1.18. The van der Waals surface area contributed by atoms with Gasteiger partial charge in [-0.15, -0.1) is 0 Å². The molecule has 0 saturated heterocycles. The van der Waals surface area contributed by atoms with Crippen LogP contribution in [0.15, 0.2) is 0 Å². The Labute approximate surface area is 106 Å². The quantitative estimate of drug-likeness (QED) is 0.511. The Morgan fingerprint density at radius 2 is 1.67 bits per heavy atom. The first-order valence-corrected chi connectivity index (χ1v) is 5.89. The molecule has 0 spiro atoms. The number of hydrogen-bond donors (Lipinski definition) is 4. The number of hydrogen-bond acceptors (Lipinski definition) is 3. The normalized spacial score (nSPS) is 11.9. The lowest BCUT2D eigenvalue weighted by molar-refractivity contribution is -0.145. The summed E-state index contributed by atoms with van der Waals surface area (Å²) in [5.41, 5.74) is 0. The third-order valence-electron chi connectivity index (χ3n) is 2.69. The van der Waals surface area contributed by atoms with Gasteiger partial charge in [-0.3, -0.25) is 4.79 Å². The number of carbonyl (C=O) groups excluding carboxylic acids is 1. The van der Waals surface area contributed by atoms with E-state index in [0.29, 0.717) is 12.5 Å². The molecule has 0 aliphatic rings. The summed E-state index contributed by atoms with van der Waals surface area (Å²) in [7, 11) is 0. The molecule has 0 bridgehead atoms. The summed E-state index contributed by atoms with van der Waals surface area (Å²) >= 11 is 0. The lowest BCUT2D eigenvalue weighted by Gasteiger charge is -2.16. The summed E-state index contributed by atoms with van der Waals surface area (Å²) in [4.78, 5) is 32.5. The molecule has 104 valence electrons. The maximum Gasteiger partial charge on any atom is 0.326 e. The van der Waals surface area contributed by atoms with Crippen molar-refractivity contribution in [1.82, 2.24) is 10.6 Å². The predicted octanol–water partition coefficient (Wildman–Crippen LogP) is 0.650. The fourth-order valence-corrected chi connectivity index (χ4v) is 1.40. The minimum Gasteiger partial charge on any atom is -0.481 e.